The molecule has 6 heterocycles. The molecule has 2 N–H and O–H groups in total. The van der Waals surface area contributed by atoms with E-state index in [1.807, 2.05) is 4.57 Å². The molecule has 10 nitrogen and oxygen atoms in total. The number of imidazole rings is 1. The Morgan fingerprint density at radius 3 is 2.59 bits per heavy atom. The van der Waals surface area contributed by atoms with E-state index >= 15 is 0 Å². The molecule has 2 aromatic heterocycles. The fourth-order valence-corrected chi connectivity index (χ4v) is 8.38. The molecule has 4 aromatic rings. The molecule has 5 aliphatic rings. The molecule has 0 spiro atoms. The molecule has 4 saturated heterocycles. The predicted molar refractivity (Wildman–Crippen MR) is 171 cm³/mol. The minimum Gasteiger partial charge on any atom is -0.508 e. The molecule has 4 aliphatic heterocycles. The number of ether oxygens (including phenoxy) is 2. The summed E-state index contributed by atoms with van der Waals surface area (Å²) in [5.41, 5.74) is 2.23. The SMILES string of the molecule is C#Cc1c(F)ccc2cc(O)cc(Cn3cnc4c(OCC5(CN6C[C@H]7COC[C@H]7C6)CC5)nc(N5C[C@H]6CNC[C@H]6C5)nc43)c12. The summed E-state index contributed by atoms with van der Waals surface area (Å²) in [7, 11) is 0. The van der Waals surface area contributed by atoms with E-state index in [4.69, 9.17) is 30.8 Å². The van der Waals surface area contributed by atoms with Gasteiger partial charge in [0.25, 0.3) is 0 Å². The van der Waals surface area contributed by atoms with Crippen molar-refractivity contribution in [2.75, 3.05) is 70.5 Å². The third-order valence-electron chi connectivity index (χ3n) is 11.1. The Morgan fingerprint density at radius 2 is 1.85 bits per heavy atom. The number of benzene rings is 2. The van der Waals surface area contributed by atoms with Crippen molar-refractivity contribution in [3.05, 3.63) is 47.5 Å². The topological polar surface area (TPSA) is 101 Å². The number of phenols is 1. The minimum atomic E-state index is -0.466. The molecule has 1 aliphatic carbocycles. The standard InChI is InChI=1S/C35H38FN7O3/c1-2-28-29(36)4-3-21-7-27(44)8-22(30(21)28)13-43-20-38-31-32(43)39-34(42-14-23-9-37-10-24(23)15-42)40-33(31)46-19-35(5-6-35)18-41-11-25-16-45-17-26(25)12-41/h1,3-4,7-8,20,23-26,37,44H,5-6,9-19H2/t23-,24+,25-,26+. The summed E-state index contributed by atoms with van der Waals surface area (Å²) in [6.07, 6.45) is 9.77. The van der Waals surface area contributed by atoms with Gasteiger partial charge in [-0.25, -0.2) is 9.37 Å². The van der Waals surface area contributed by atoms with E-state index < -0.39 is 5.82 Å². The van der Waals surface area contributed by atoms with E-state index in [2.05, 4.69) is 21.0 Å². The number of aromatic hydroxyl groups is 1. The Hall–Kier alpha value is -3.98. The maximum Gasteiger partial charge on any atom is 0.247 e. The summed E-state index contributed by atoms with van der Waals surface area (Å²) < 4.78 is 29.0. The Morgan fingerprint density at radius 1 is 1.07 bits per heavy atom. The normalized spacial score (nSPS) is 26.6. The number of likely N-dealkylation sites (tertiary alicyclic amines) is 1. The van der Waals surface area contributed by atoms with Crippen molar-refractivity contribution < 1.29 is 19.0 Å². The number of halogens is 1. The fourth-order valence-electron chi connectivity index (χ4n) is 8.38. The van der Waals surface area contributed by atoms with E-state index in [0.717, 1.165) is 71.9 Å². The van der Waals surface area contributed by atoms with Gasteiger partial charge in [0.1, 0.15) is 11.6 Å². The summed E-state index contributed by atoms with van der Waals surface area (Å²) >= 11 is 0. The second kappa shape index (κ2) is 10.8. The van der Waals surface area contributed by atoms with Gasteiger partial charge in [0.05, 0.1) is 38.3 Å². The molecule has 9 rings (SSSR count). The molecule has 0 unspecified atom stereocenters. The number of hydrogen-bond acceptors (Lipinski definition) is 9. The predicted octanol–water partition coefficient (Wildman–Crippen LogP) is 3.25. The summed E-state index contributed by atoms with van der Waals surface area (Å²) in [6, 6.07) is 6.22. The van der Waals surface area contributed by atoms with Crippen LogP contribution in [0, 0.1) is 47.2 Å². The Labute approximate surface area is 266 Å². The van der Waals surface area contributed by atoms with Crippen LogP contribution in [0.3, 0.4) is 0 Å². The number of aromatic nitrogens is 4. The van der Waals surface area contributed by atoms with Crippen molar-refractivity contribution in [1.82, 2.24) is 29.7 Å². The zero-order chi connectivity index (χ0) is 31.0. The number of anilines is 1. The van der Waals surface area contributed by atoms with Crippen LogP contribution in [0.5, 0.6) is 11.6 Å². The lowest BCUT2D eigenvalue weighted by Crippen LogP contribution is -2.33. The van der Waals surface area contributed by atoms with Gasteiger partial charge in [0.2, 0.25) is 11.8 Å². The van der Waals surface area contributed by atoms with Crippen LogP contribution in [0.2, 0.25) is 0 Å². The third kappa shape index (κ3) is 4.86. The van der Waals surface area contributed by atoms with Gasteiger partial charge in [-0.2, -0.15) is 9.97 Å². The number of nitrogens with zero attached hydrogens (tertiary/aromatic N) is 6. The fraction of sp³-hybridized carbons (Fsp3) is 0.514. The highest BCUT2D eigenvalue weighted by Gasteiger charge is 2.48. The van der Waals surface area contributed by atoms with Crippen LogP contribution in [0.1, 0.15) is 24.0 Å². The zero-order valence-electron chi connectivity index (χ0n) is 25.8. The molecule has 46 heavy (non-hydrogen) atoms. The number of phenolic OH excluding ortho intramolecular Hbond substituents is 1. The van der Waals surface area contributed by atoms with Crippen molar-refractivity contribution in [2.24, 2.45) is 29.1 Å². The van der Waals surface area contributed by atoms with Crippen LogP contribution < -0.4 is 15.0 Å². The molecule has 0 amide bonds. The smallest absolute Gasteiger partial charge is 0.247 e. The first-order valence-corrected chi connectivity index (χ1v) is 16.5. The van der Waals surface area contributed by atoms with Crippen molar-refractivity contribution >= 4 is 27.9 Å². The molecule has 2 aromatic carbocycles. The third-order valence-corrected chi connectivity index (χ3v) is 11.1. The van der Waals surface area contributed by atoms with E-state index in [9.17, 15) is 9.50 Å². The maximum absolute atomic E-state index is 14.8. The second-order valence-corrected chi connectivity index (χ2v) is 14.3. The first kappa shape index (κ1) is 28.3. The highest BCUT2D eigenvalue weighted by atomic mass is 19.1. The Balaban J connectivity index is 1.05. The quantitative estimate of drug-likeness (QED) is 0.287. The number of hydrogen-bond donors (Lipinski definition) is 2. The van der Waals surface area contributed by atoms with Gasteiger partial charge >= 0.3 is 0 Å². The summed E-state index contributed by atoms with van der Waals surface area (Å²) in [5.74, 6) is 5.76. The largest absolute Gasteiger partial charge is 0.508 e. The van der Waals surface area contributed by atoms with Crippen molar-refractivity contribution in [3.8, 4) is 24.0 Å². The van der Waals surface area contributed by atoms with Crippen LogP contribution in [0.25, 0.3) is 21.9 Å². The van der Waals surface area contributed by atoms with Gasteiger partial charge in [-0.3, -0.25) is 0 Å². The molecule has 238 valence electrons. The molecular weight excluding hydrogens is 585 g/mol. The number of rotatable bonds is 8. The summed E-state index contributed by atoms with van der Waals surface area (Å²) in [5, 5.41) is 15.3. The van der Waals surface area contributed by atoms with Crippen LogP contribution >= 0.6 is 0 Å². The lowest BCUT2D eigenvalue weighted by Gasteiger charge is -2.24. The van der Waals surface area contributed by atoms with Crippen molar-refractivity contribution in [1.29, 1.82) is 0 Å². The lowest BCUT2D eigenvalue weighted by molar-refractivity contribution is 0.133. The molecular formula is C35H38FN7O3. The minimum absolute atomic E-state index is 0.0851. The van der Waals surface area contributed by atoms with Gasteiger partial charge in [-0.1, -0.05) is 12.0 Å². The van der Waals surface area contributed by atoms with Gasteiger partial charge in [-0.15, -0.1) is 6.42 Å². The van der Waals surface area contributed by atoms with Gasteiger partial charge in [0.15, 0.2) is 11.2 Å². The molecule has 1 saturated carbocycles. The van der Waals surface area contributed by atoms with Gasteiger partial charge in [0, 0.05) is 68.5 Å². The molecule has 5 fully saturated rings. The molecule has 0 bridgehead atoms. The van der Waals surface area contributed by atoms with E-state index in [-0.39, 0.29) is 23.3 Å². The number of fused-ring (bicyclic) bond motifs is 4. The van der Waals surface area contributed by atoms with E-state index in [0.29, 0.717) is 69.6 Å². The lowest BCUT2D eigenvalue weighted by atomic mass is 9.98. The van der Waals surface area contributed by atoms with Crippen molar-refractivity contribution in [2.45, 2.75) is 19.4 Å². The molecule has 11 heteroatoms. The molecule has 4 atom stereocenters. The van der Waals surface area contributed by atoms with E-state index in [1.165, 1.54) is 6.07 Å². The van der Waals surface area contributed by atoms with Crippen molar-refractivity contribution in [3.63, 3.8) is 0 Å². The average molecular weight is 624 g/mol. The van der Waals surface area contributed by atoms with E-state index in [1.54, 1.807) is 24.5 Å². The van der Waals surface area contributed by atoms with Crippen LogP contribution in [-0.4, -0.2) is 95.2 Å². The number of terminal acetylenes is 1. The molecule has 0 radical (unpaired) electrons. The van der Waals surface area contributed by atoms with Crippen LogP contribution in [-0.2, 0) is 11.3 Å². The first-order valence-electron chi connectivity index (χ1n) is 16.5. The monoisotopic (exact) mass is 623 g/mol. The van der Waals surface area contributed by atoms with Crippen LogP contribution in [0.15, 0.2) is 30.6 Å². The average Bonchev–Trinajstić information content (AvgIpc) is 3.58. The summed E-state index contributed by atoms with van der Waals surface area (Å²) in [4.78, 5) is 19.7. The zero-order valence-corrected chi connectivity index (χ0v) is 25.8. The second-order valence-electron chi connectivity index (χ2n) is 14.3. The maximum atomic E-state index is 14.8. The van der Waals surface area contributed by atoms with Gasteiger partial charge in [-0.05, 0) is 53.8 Å². The first-order chi connectivity index (χ1) is 22.4. The number of nitrogens with one attached hydrogen (secondary N) is 1. The Kier molecular flexibility index (Phi) is 6.63. The van der Waals surface area contributed by atoms with Gasteiger partial charge < -0.3 is 34.3 Å². The Bertz CT molecular complexity index is 1860. The highest BCUT2D eigenvalue weighted by Crippen LogP contribution is 2.48. The highest BCUT2D eigenvalue weighted by molar-refractivity contribution is 5.92. The van der Waals surface area contributed by atoms with Crippen LogP contribution in [0.4, 0.5) is 10.3 Å². The summed E-state index contributed by atoms with van der Waals surface area (Å²) in [6.45, 7) is 9.72.